The van der Waals surface area contributed by atoms with Crippen molar-refractivity contribution in [2.75, 3.05) is 11.1 Å². The molecule has 2 aromatic rings. The van der Waals surface area contributed by atoms with Gasteiger partial charge in [-0.1, -0.05) is 0 Å². The SMILES string of the molecule is Nc1ccc(F)cc1C(=O)Nc1ccc([N+](=O)[O-])c(F)c1. The van der Waals surface area contributed by atoms with Gasteiger partial charge in [-0.2, -0.15) is 4.39 Å². The normalized spacial score (nSPS) is 10.2. The summed E-state index contributed by atoms with van der Waals surface area (Å²) in [5.74, 6) is -2.49. The van der Waals surface area contributed by atoms with E-state index in [-0.39, 0.29) is 16.9 Å². The summed E-state index contributed by atoms with van der Waals surface area (Å²) in [7, 11) is 0. The third-order valence-electron chi connectivity index (χ3n) is 2.66. The lowest BCUT2D eigenvalue weighted by molar-refractivity contribution is -0.387. The highest BCUT2D eigenvalue weighted by Crippen LogP contribution is 2.22. The average molecular weight is 293 g/mol. The fourth-order valence-electron chi connectivity index (χ4n) is 1.66. The minimum Gasteiger partial charge on any atom is -0.398 e. The molecule has 0 fully saturated rings. The maximum Gasteiger partial charge on any atom is 0.304 e. The third kappa shape index (κ3) is 3.11. The molecule has 3 N–H and O–H groups in total. The first-order valence-electron chi connectivity index (χ1n) is 5.69. The second-order valence-electron chi connectivity index (χ2n) is 4.11. The zero-order valence-electron chi connectivity index (χ0n) is 10.5. The van der Waals surface area contributed by atoms with Crippen molar-refractivity contribution in [1.29, 1.82) is 0 Å². The number of rotatable bonds is 3. The van der Waals surface area contributed by atoms with E-state index in [9.17, 15) is 23.7 Å². The van der Waals surface area contributed by atoms with E-state index in [0.717, 1.165) is 30.3 Å². The Morgan fingerprint density at radius 1 is 1.19 bits per heavy atom. The molecule has 0 heterocycles. The summed E-state index contributed by atoms with van der Waals surface area (Å²) in [4.78, 5) is 21.5. The molecule has 0 aliphatic rings. The Labute approximate surface area is 117 Å². The minimum absolute atomic E-state index is 0.00763. The number of amides is 1. The standard InChI is InChI=1S/C13H9F2N3O3/c14-7-1-3-11(16)9(5-7)13(19)17-8-2-4-12(18(20)21)10(15)6-8/h1-6H,16H2,(H,17,19). The van der Waals surface area contributed by atoms with Crippen LogP contribution in [0.1, 0.15) is 10.4 Å². The first kappa shape index (κ1) is 14.4. The van der Waals surface area contributed by atoms with E-state index < -0.39 is 28.2 Å². The lowest BCUT2D eigenvalue weighted by atomic mass is 10.1. The molecular weight excluding hydrogens is 284 g/mol. The van der Waals surface area contributed by atoms with Crippen molar-refractivity contribution < 1.29 is 18.5 Å². The quantitative estimate of drug-likeness (QED) is 0.516. The van der Waals surface area contributed by atoms with E-state index in [4.69, 9.17) is 5.73 Å². The van der Waals surface area contributed by atoms with Gasteiger partial charge in [0.25, 0.3) is 5.91 Å². The number of carbonyl (C=O) groups is 1. The molecule has 0 spiro atoms. The molecule has 6 nitrogen and oxygen atoms in total. The Balaban J connectivity index is 2.26. The summed E-state index contributed by atoms with van der Waals surface area (Å²) in [6.07, 6.45) is 0. The van der Waals surface area contributed by atoms with E-state index in [1.54, 1.807) is 0 Å². The fraction of sp³-hybridized carbons (Fsp3) is 0. The number of nitrogen functional groups attached to an aromatic ring is 1. The second-order valence-corrected chi connectivity index (χ2v) is 4.11. The molecule has 0 aliphatic heterocycles. The molecular formula is C13H9F2N3O3. The molecule has 0 aliphatic carbocycles. The summed E-state index contributed by atoms with van der Waals surface area (Å²) in [5.41, 5.74) is 4.76. The van der Waals surface area contributed by atoms with Crippen LogP contribution in [-0.2, 0) is 0 Å². The molecule has 0 saturated heterocycles. The van der Waals surface area contributed by atoms with Gasteiger partial charge < -0.3 is 11.1 Å². The largest absolute Gasteiger partial charge is 0.398 e. The van der Waals surface area contributed by atoms with Crippen LogP contribution in [0.4, 0.5) is 25.8 Å². The number of nitro groups is 1. The highest BCUT2D eigenvalue weighted by Gasteiger charge is 2.16. The number of anilines is 2. The molecule has 0 bridgehead atoms. The van der Waals surface area contributed by atoms with Crippen molar-refractivity contribution in [3.63, 3.8) is 0 Å². The van der Waals surface area contributed by atoms with Gasteiger partial charge in [-0.05, 0) is 24.3 Å². The number of benzene rings is 2. The summed E-state index contributed by atoms with van der Waals surface area (Å²) in [6, 6.07) is 6.13. The topological polar surface area (TPSA) is 98.3 Å². The Morgan fingerprint density at radius 2 is 1.90 bits per heavy atom. The Hall–Kier alpha value is -3.03. The number of hydrogen-bond donors (Lipinski definition) is 2. The van der Waals surface area contributed by atoms with Crippen molar-refractivity contribution in [3.8, 4) is 0 Å². The van der Waals surface area contributed by atoms with Crippen LogP contribution in [0, 0.1) is 21.7 Å². The van der Waals surface area contributed by atoms with Crippen molar-refractivity contribution in [1.82, 2.24) is 0 Å². The van der Waals surface area contributed by atoms with Crippen LogP contribution >= 0.6 is 0 Å². The Bertz CT molecular complexity index is 735. The van der Waals surface area contributed by atoms with E-state index in [1.807, 2.05) is 0 Å². The molecule has 1 amide bonds. The lowest BCUT2D eigenvalue weighted by Crippen LogP contribution is -2.14. The molecule has 0 aromatic heterocycles. The molecule has 8 heteroatoms. The van der Waals surface area contributed by atoms with E-state index in [0.29, 0.717) is 0 Å². The third-order valence-corrected chi connectivity index (χ3v) is 2.66. The van der Waals surface area contributed by atoms with Gasteiger partial charge in [0.05, 0.1) is 10.5 Å². The van der Waals surface area contributed by atoms with Crippen LogP contribution in [-0.4, -0.2) is 10.8 Å². The van der Waals surface area contributed by atoms with Gasteiger partial charge in [0.1, 0.15) is 5.82 Å². The van der Waals surface area contributed by atoms with Crippen molar-refractivity contribution >= 4 is 23.0 Å². The number of nitrogens with one attached hydrogen (secondary N) is 1. The van der Waals surface area contributed by atoms with Crippen molar-refractivity contribution in [2.45, 2.75) is 0 Å². The minimum atomic E-state index is -1.09. The van der Waals surface area contributed by atoms with Gasteiger partial charge in [-0.25, -0.2) is 4.39 Å². The number of nitrogens with zero attached hydrogens (tertiary/aromatic N) is 1. The monoisotopic (exact) mass is 293 g/mol. The molecule has 21 heavy (non-hydrogen) atoms. The number of halogens is 2. The highest BCUT2D eigenvalue weighted by atomic mass is 19.1. The highest BCUT2D eigenvalue weighted by molar-refractivity contribution is 6.07. The summed E-state index contributed by atoms with van der Waals surface area (Å²) < 4.78 is 26.5. The van der Waals surface area contributed by atoms with Crippen LogP contribution in [0.25, 0.3) is 0 Å². The van der Waals surface area contributed by atoms with E-state index in [2.05, 4.69) is 5.32 Å². The first-order valence-corrected chi connectivity index (χ1v) is 5.69. The predicted octanol–water partition coefficient (Wildman–Crippen LogP) is 2.71. The molecule has 108 valence electrons. The summed E-state index contributed by atoms with van der Waals surface area (Å²) >= 11 is 0. The van der Waals surface area contributed by atoms with Gasteiger partial charge in [0.2, 0.25) is 5.82 Å². The van der Waals surface area contributed by atoms with Crippen LogP contribution in [0.2, 0.25) is 0 Å². The molecule has 2 rings (SSSR count). The van der Waals surface area contributed by atoms with E-state index >= 15 is 0 Å². The second kappa shape index (κ2) is 5.53. The van der Waals surface area contributed by atoms with Crippen LogP contribution in [0.3, 0.4) is 0 Å². The summed E-state index contributed by atoms with van der Waals surface area (Å²) in [5, 5.41) is 12.8. The van der Waals surface area contributed by atoms with Crippen LogP contribution in [0.5, 0.6) is 0 Å². The van der Waals surface area contributed by atoms with E-state index in [1.165, 1.54) is 6.07 Å². The van der Waals surface area contributed by atoms with Crippen LogP contribution < -0.4 is 11.1 Å². The zero-order chi connectivity index (χ0) is 15.6. The summed E-state index contributed by atoms with van der Waals surface area (Å²) in [6.45, 7) is 0. The number of nitro benzene ring substituents is 1. The Morgan fingerprint density at radius 3 is 2.52 bits per heavy atom. The fourth-order valence-corrected chi connectivity index (χ4v) is 1.66. The van der Waals surface area contributed by atoms with Gasteiger partial charge in [-0.3, -0.25) is 14.9 Å². The number of hydrogen-bond acceptors (Lipinski definition) is 4. The van der Waals surface area contributed by atoms with Crippen molar-refractivity contribution in [3.05, 3.63) is 63.7 Å². The molecule has 0 saturated carbocycles. The van der Waals surface area contributed by atoms with Crippen LogP contribution in [0.15, 0.2) is 36.4 Å². The smallest absolute Gasteiger partial charge is 0.304 e. The average Bonchev–Trinajstić information content (AvgIpc) is 2.41. The van der Waals surface area contributed by atoms with Crippen molar-refractivity contribution in [2.24, 2.45) is 0 Å². The van der Waals surface area contributed by atoms with Gasteiger partial charge in [0, 0.05) is 23.5 Å². The van der Waals surface area contributed by atoms with Gasteiger partial charge >= 0.3 is 5.69 Å². The first-order chi connectivity index (χ1) is 9.88. The number of carbonyl (C=O) groups excluding carboxylic acids is 1. The molecule has 2 aromatic carbocycles. The van der Waals surface area contributed by atoms with Gasteiger partial charge in [0.15, 0.2) is 0 Å². The predicted molar refractivity (Wildman–Crippen MR) is 71.8 cm³/mol. The molecule has 0 atom stereocenters. The Kier molecular flexibility index (Phi) is 3.79. The molecule has 0 unspecified atom stereocenters. The lowest BCUT2D eigenvalue weighted by Gasteiger charge is -2.07. The molecule has 0 radical (unpaired) electrons. The number of nitrogens with two attached hydrogens (primary N) is 1. The maximum atomic E-state index is 13.4. The van der Waals surface area contributed by atoms with Gasteiger partial charge in [-0.15, -0.1) is 0 Å². The maximum absolute atomic E-state index is 13.4. The zero-order valence-corrected chi connectivity index (χ0v) is 10.5.